The fourth-order valence-electron chi connectivity index (χ4n) is 4.03. The van der Waals surface area contributed by atoms with Crippen LogP contribution in [0.5, 0.6) is 0 Å². The molecular formula is C25H27N7O3. The van der Waals surface area contributed by atoms with Crippen LogP contribution in [0.4, 0.5) is 5.95 Å². The van der Waals surface area contributed by atoms with Crippen molar-refractivity contribution in [2.45, 2.75) is 32.7 Å². The van der Waals surface area contributed by atoms with Gasteiger partial charge in [0.15, 0.2) is 5.65 Å². The number of benzene rings is 1. The molecule has 35 heavy (non-hydrogen) atoms. The normalized spacial score (nSPS) is 13.3. The summed E-state index contributed by atoms with van der Waals surface area (Å²) >= 11 is 0. The van der Waals surface area contributed by atoms with Crippen molar-refractivity contribution in [3.63, 3.8) is 0 Å². The molecule has 3 heterocycles. The second-order valence-electron chi connectivity index (χ2n) is 8.59. The number of hydrogen-bond donors (Lipinski definition) is 1. The minimum Gasteiger partial charge on any atom is -0.344 e. The topological polar surface area (TPSA) is 124 Å². The summed E-state index contributed by atoms with van der Waals surface area (Å²) < 4.78 is 1.72. The van der Waals surface area contributed by atoms with Crippen molar-refractivity contribution < 1.29 is 14.4 Å². The number of fused-ring (bicyclic) bond motifs is 1. The van der Waals surface area contributed by atoms with Crippen LogP contribution >= 0.6 is 0 Å². The van der Waals surface area contributed by atoms with Crippen molar-refractivity contribution >= 4 is 34.8 Å². The molecule has 10 heteroatoms. The van der Waals surface area contributed by atoms with E-state index in [1.54, 1.807) is 40.8 Å². The lowest BCUT2D eigenvalue weighted by molar-refractivity contribution is -0.127. The molecule has 0 bridgehead atoms. The zero-order valence-electron chi connectivity index (χ0n) is 19.8. The Kier molecular flexibility index (Phi) is 7.06. The van der Waals surface area contributed by atoms with Crippen LogP contribution in [-0.2, 0) is 11.3 Å². The molecule has 0 aliphatic carbocycles. The van der Waals surface area contributed by atoms with Crippen molar-refractivity contribution in [1.29, 1.82) is 5.26 Å². The molecule has 2 aromatic heterocycles. The molecule has 10 nitrogen and oxygen atoms in total. The molecule has 1 saturated heterocycles. The van der Waals surface area contributed by atoms with Crippen LogP contribution in [0.2, 0.25) is 0 Å². The number of nitrogens with one attached hydrogen (secondary N) is 1. The minimum absolute atomic E-state index is 0.0798. The Hall–Kier alpha value is -4.26. The SMILES string of the molecule is CC(=O)N(C)CCn1c(NC(=O)c2cccc(C#N)c2)nc2cc(C(=O)N3CCCCC3)cnc21. The number of likely N-dealkylation sites (N-methyl/N-ethyl adjacent to an activating group) is 1. The molecule has 0 radical (unpaired) electrons. The van der Waals surface area contributed by atoms with Gasteiger partial charge in [0.2, 0.25) is 11.9 Å². The standard InChI is InChI=1S/C25H27N7O3/c1-17(33)30(2)11-12-32-22-21(14-20(16-27-22)24(35)31-9-4-3-5-10-31)28-25(32)29-23(34)19-8-6-7-18(13-19)15-26/h6-8,13-14,16H,3-5,9-12H2,1-2H3,(H,28,29,34). The maximum Gasteiger partial charge on any atom is 0.258 e. The Balaban J connectivity index is 1.67. The number of amides is 3. The van der Waals surface area contributed by atoms with Gasteiger partial charge in [0.05, 0.1) is 17.2 Å². The van der Waals surface area contributed by atoms with Gasteiger partial charge < -0.3 is 9.80 Å². The molecule has 1 N–H and O–H groups in total. The van der Waals surface area contributed by atoms with E-state index in [4.69, 9.17) is 5.26 Å². The summed E-state index contributed by atoms with van der Waals surface area (Å²) in [6.45, 7) is 3.65. The minimum atomic E-state index is -0.428. The van der Waals surface area contributed by atoms with Gasteiger partial charge in [0.25, 0.3) is 11.8 Å². The van der Waals surface area contributed by atoms with Gasteiger partial charge >= 0.3 is 0 Å². The zero-order chi connectivity index (χ0) is 24.9. The van der Waals surface area contributed by atoms with E-state index in [1.165, 1.54) is 19.2 Å². The maximum atomic E-state index is 13.0. The van der Waals surface area contributed by atoms with Gasteiger partial charge in [-0.25, -0.2) is 9.97 Å². The van der Waals surface area contributed by atoms with Crippen LogP contribution in [0.25, 0.3) is 11.2 Å². The number of hydrogen-bond acceptors (Lipinski definition) is 6. The number of pyridine rings is 1. The van der Waals surface area contributed by atoms with Crippen LogP contribution in [0, 0.1) is 11.3 Å². The number of anilines is 1. The molecule has 1 aliphatic heterocycles. The maximum absolute atomic E-state index is 13.0. The summed E-state index contributed by atoms with van der Waals surface area (Å²) in [5.74, 6) is -0.345. The van der Waals surface area contributed by atoms with E-state index in [-0.39, 0.29) is 17.8 Å². The van der Waals surface area contributed by atoms with Crippen LogP contribution < -0.4 is 5.32 Å². The first-order valence-electron chi connectivity index (χ1n) is 11.6. The molecule has 4 rings (SSSR count). The summed E-state index contributed by atoms with van der Waals surface area (Å²) in [6.07, 6.45) is 4.64. The molecule has 0 saturated carbocycles. The molecular weight excluding hydrogens is 446 g/mol. The molecule has 3 amide bonds. The highest BCUT2D eigenvalue weighted by Gasteiger charge is 2.22. The summed E-state index contributed by atoms with van der Waals surface area (Å²) in [4.78, 5) is 50.0. The number of nitrogens with zero attached hydrogens (tertiary/aromatic N) is 6. The number of aromatic nitrogens is 3. The fraction of sp³-hybridized carbons (Fsp3) is 0.360. The van der Waals surface area contributed by atoms with E-state index in [2.05, 4.69) is 15.3 Å². The Morgan fingerprint density at radius 2 is 1.91 bits per heavy atom. The predicted molar refractivity (Wildman–Crippen MR) is 130 cm³/mol. The number of nitriles is 1. The Bertz CT molecular complexity index is 1320. The average Bonchev–Trinajstić information content (AvgIpc) is 3.23. The van der Waals surface area contributed by atoms with Gasteiger partial charge in [0, 0.05) is 51.9 Å². The fourth-order valence-corrected chi connectivity index (χ4v) is 4.03. The molecule has 0 atom stereocenters. The van der Waals surface area contributed by atoms with Crippen molar-refractivity contribution in [2.24, 2.45) is 0 Å². The smallest absolute Gasteiger partial charge is 0.258 e. The predicted octanol–water partition coefficient (Wildman–Crippen LogP) is 2.66. The third-order valence-electron chi connectivity index (χ3n) is 6.15. The summed E-state index contributed by atoms with van der Waals surface area (Å²) in [6, 6.07) is 10.1. The Morgan fingerprint density at radius 1 is 1.14 bits per heavy atom. The summed E-state index contributed by atoms with van der Waals surface area (Å²) in [5.41, 5.74) is 2.11. The van der Waals surface area contributed by atoms with E-state index in [0.29, 0.717) is 40.9 Å². The quantitative estimate of drug-likeness (QED) is 0.587. The Labute approximate surface area is 203 Å². The van der Waals surface area contributed by atoms with Crippen molar-refractivity contribution in [3.05, 3.63) is 53.2 Å². The number of carbonyl (C=O) groups is 3. The average molecular weight is 474 g/mol. The van der Waals surface area contributed by atoms with Crippen LogP contribution in [0.1, 0.15) is 52.5 Å². The van der Waals surface area contributed by atoms with Gasteiger partial charge in [-0.05, 0) is 43.5 Å². The molecule has 0 spiro atoms. The van der Waals surface area contributed by atoms with Crippen LogP contribution in [0.3, 0.4) is 0 Å². The van der Waals surface area contributed by atoms with E-state index >= 15 is 0 Å². The molecule has 1 aliphatic rings. The van der Waals surface area contributed by atoms with Gasteiger partial charge in [-0.1, -0.05) is 6.07 Å². The first-order valence-corrected chi connectivity index (χ1v) is 11.6. The monoisotopic (exact) mass is 473 g/mol. The lowest BCUT2D eigenvalue weighted by Gasteiger charge is -2.26. The lowest BCUT2D eigenvalue weighted by Crippen LogP contribution is -2.35. The van der Waals surface area contributed by atoms with Gasteiger partial charge in [-0.15, -0.1) is 0 Å². The third kappa shape index (κ3) is 5.30. The molecule has 1 fully saturated rings. The highest BCUT2D eigenvalue weighted by molar-refractivity contribution is 6.04. The number of rotatable bonds is 6. The second kappa shape index (κ2) is 10.3. The van der Waals surface area contributed by atoms with Gasteiger partial charge in [0.1, 0.15) is 5.52 Å². The molecule has 180 valence electrons. The Morgan fingerprint density at radius 3 is 2.63 bits per heavy atom. The van der Waals surface area contributed by atoms with E-state index in [0.717, 1.165) is 32.4 Å². The van der Waals surface area contributed by atoms with E-state index < -0.39 is 5.91 Å². The van der Waals surface area contributed by atoms with Crippen LogP contribution in [-0.4, -0.2) is 68.7 Å². The van der Waals surface area contributed by atoms with Crippen molar-refractivity contribution in [2.75, 3.05) is 32.0 Å². The molecule has 1 aromatic carbocycles. The second-order valence-corrected chi connectivity index (χ2v) is 8.59. The first-order chi connectivity index (χ1) is 16.9. The summed E-state index contributed by atoms with van der Waals surface area (Å²) in [7, 11) is 1.69. The van der Waals surface area contributed by atoms with Gasteiger partial charge in [-0.3, -0.25) is 24.3 Å². The van der Waals surface area contributed by atoms with E-state index in [9.17, 15) is 14.4 Å². The lowest BCUT2D eigenvalue weighted by atomic mass is 10.1. The molecule has 0 unspecified atom stereocenters. The van der Waals surface area contributed by atoms with Crippen molar-refractivity contribution in [3.8, 4) is 6.07 Å². The molecule has 3 aromatic rings. The number of carbonyl (C=O) groups excluding carboxylic acids is 3. The third-order valence-corrected chi connectivity index (χ3v) is 6.15. The largest absolute Gasteiger partial charge is 0.344 e. The number of likely N-dealkylation sites (tertiary alicyclic amines) is 1. The van der Waals surface area contributed by atoms with Gasteiger partial charge in [-0.2, -0.15) is 5.26 Å². The van der Waals surface area contributed by atoms with Crippen molar-refractivity contribution in [1.82, 2.24) is 24.3 Å². The van der Waals surface area contributed by atoms with Crippen LogP contribution in [0.15, 0.2) is 36.5 Å². The highest BCUT2D eigenvalue weighted by Crippen LogP contribution is 2.22. The summed E-state index contributed by atoms with van der Waals surface area (Å²) in [5, 5.41) is 11.9. The zero-order valence-corrected chi connectivity index (χ0v) is 19.8. The number of imidazole rings is 1. The van der Waals surface area contributed by atoms with E-state index in [1.807, 2.05) is 11.0 Å². The number of piperidine rings is 1. The highest BCUT2D eigenvalue weighted by atomic mass is 16.2. The first kappa shape index (κ1) is 23.9.